The van der Waals surface area contributed by atoms with Crippen molar-refractivity contribution in [2.24, 2.45) is 0 Å². The minimum absolute atomic E-state index is 0. The summed E-state index contributed by atoms with van der Waals surface area (Å²) in [4.78, 5) is 0. The van der Waals surface area contributed by atoms with Gasteiger partial charge in [-0.15, -0.1) is 15.8 Å². The maximum Gasteiger partial charge on any atom is 4.00 e. The van der Waals surface area contributed by atoms with Crippen LogP contribution < -0.4 is 0 Å². The van der Waals surface area contributed by atoms with Crippen LogP contribution in [-0.2, 0) is 25.8 Å². The van der Waals surface area contributed by atoms with Crippen molar-refractivity contribution < 1.29 is 25.8 Å². The maximum absolute atomic E-state index is 5.66. The monoisotopic (exact) mass is 617 g/mol. The van der Waals surface area contributed by atoms with Gasteiger partial charge in [0.05, 0.1) is 0 Å². The van der Waals surface area contributed by atoms with Crippen molar-refractivity contribution in [3.8, 4) is 0 Å². The SMILES string of the molecule is CC(C)P(C[Si](C)(C)[N-][Si](C)(C)CP(C(C)C)C(C)C)C(C)C.[CH3-].[CH3-].[CH3-].[Hf+4]. The van der Waals surface area contributed by atoms with Gasteiger partial charge in [-0.1, -0.05) is 110 Å². The predicted octanol–water partition coefficient (Wildman–Crippen LogP) is 8.79. The Morgan fingerprint density at radius 1 is 0.556 bits per heavy atom. The third kappa shape index (κ3) is 16.5. The molecule has 0 spiro atoms. The van der Waals surface area contributed by atoms with E-state index in [1.54, 1.807) is 0 Å². The fourth-order valence-corrected chi connectivity index (χ4v) is 27.5. The molecule has 0 atom stereocenters. The molecule has 0 aromatic heterocycles. The Morgan fingerprint density at radius 2 is 0.741 bits per heavy atom. The van der Waals surface area contributed by atoms with Gasteiger partial charge in [-0.2, -0.15) is 0 Å². The summed E-state index contributed by atoms with van der Waals surface area (Å²) in [5, 5.41) is 0. The van der Waals surface area contributed by atoms with E-state index in [0.29, 0.717) is 0 Å². The minimum atomic E-state index is -1.44. The summed E-state index contributed by atoms with van der Waals surface area (Å²) in [6.07, 6.45) is 0. The molecule has 0 fully saturated rings. The van der Waals surface area contributed by atoms with Crippen LogP contribution in [0.15, 0.2) is 0 Å². The average molecular weight is 616 g/mol. The van der Waals surface area contributed by atoms with Gasteiger partial charge < -0.3 is 26.9 Å². The van der Waals surface area contributed by atoms with Crippen molar-refractivity contribution >= 4 is 32.3 Å². The van der Waals surface area contributed by atoms with Gasteiger partial charge in [0, 0.05) is 0 Å². The Bertz CT molecular complexity index is 301. The van der Waals surface area contributed by atoms with E-state index < -0.39 is 16.5 Å². The minimum Gasteiger partial charge on any atom is -0.667 e. The zero-order valence-corrected chi connectivity index (χ0v) is 28.9. The van der Waals surface area contributed by atoms with Gasteiger partial charge in [0.15, 0.2) is 0 Å². The average Bonchev–Trinajstić information content (AvgIpc) is 2.30. The smallest absolute Gasteiger partial charge is 0.667 e. The van der Waals surface area contributed by atoms with Crippen molar-refractivity contribution in [1.82, 2.24) is 0 Å². The van der Waals surface area contributed by atoms with Crippen molar-refractivity contribution in [3.05, 3.63) is 26.9 Å². The molecular weight excluding hydrogens is 563 g/mol. The van der Waals surface area contributed by atoms with Gasteiger partial charge >= 0.3 is 25.8 Å². The first-order valence-electron chi connectivity index (χ1n) is 9.44. The standard InChI is InChI=1S/C18H44NP2Si2.3CH3.Hf/c1-15(2)20(16(3)4)13-22(9,10)19-23(11,12)14-21(17(5)6)18(7)8;;;;/h15-18H,13-14H2,1-12H3;3*1H3;/q4*-1;+4. The second-order valence-electron chi connectivity index (χ2n) is 9.46. The van der Waals surface area contributed by atoms with E-state index >= 15 is 0 Å². The molecule has 0 aliphatic rings. The van der Waals surface area contributed by atoms with E-state index in [2.05, 4.69) is 81.6 Å². The molecule has 0 rings (SSSR count). The van der Waals surface area contributed by atoms with Crippen LogP contribution in [0.25, 0.3) is 4.65 Å². The van der Waals surface area contributed by atoms with Gasteiger partial charge in [0.2, 0.25) is 0 Å². The fraction of sp³-hybridized carbons (Fsp3) is 0.857. The van der Waals surface area contributed by atoms with Crippen molar-refractivity contribution in [2.75, 3.05) is 11.6 Å². The summed E-state index contributed by atoms with van der Waals surface area (Å²) in [6, 6.07) is 0. The number of hydrogen-bond acceptors (Lipinski definition) is 0. The normalized spacial score (nSPS) is 12.2. The molecule has 0 radical (unpaired) electrons. The Balaban J connectivity index is -0.000000403. The Morgan fingerprint density at radius 3 is 0.889 bits per heavy atom. The number of hydrogen-bond donors (Lipinski definition) is 0. The molecule has 0 saturated heterocycles. The molecule has 0 unspecified atom stereocenters. The summed E-state index contributed by atoms with van der Waals surface area (Å²) in [5.41, 5.74) is 3.39. The van der Waals surface area contributed by atoms with Crippen LogP contribution in [0.5, 0.6) is 0 Å². The van der Waals surface area contributed by atoms with Crippen LogP contribution in [0.4, 0.5) is 0 Å². The van der Waals surface area contributed by atoms with E-state index in [-0.39, 0.29) is 64.0 Å². The van der Waals surface area contributed by atoms with Crippen molar-refractivity contribution in [3.63, 3.8) is 0 Å². The molecule has 0 aromatic carbocycles. The number of nitrogens with zero attached hydrogens (tertiary/aromatic N) is 1. The summed E-state index contributed by atoms with van der Waals surface area (Å²) >= 11 is 0. The summed E-state index contributed by atoms with van der Waals surface area (Å²) in [5.74, 6) is 2.88. The zero-order chi connectivity index (χ0) is 18.6. The zero-order valence-electron chi connectivity index (χ0n) is 21.6. The molecule has 0 aromatic rings. The summed E-state index contributed by atoms with van der Waals surface area (Å²) in [7, 11) is -2.61. The molecule has 0 amide bonds. The Labute approximate surface area is 199 Å². The summed E-state index contributed by atoms with van der Waals surface area (Å²) in [6.45, 7) is 29.6. The molecule has 0 aliphatic heterocycles. The van der Waals surface area contributed by atoms with Gasteiger partial charge in [0.1, 0.15) is 0 Å². The predicted molar refractivity (Wildman–Crippen MR) is 142 cm³/mol. The maximum atomic E-state index is 5.66. The molecule has 0 aliphatic carbocycles. The molecule has 1 nitrogen and oxygen atoms in total. The van der Waals surface area contributed by atoms with E-state index in [0.717, 1.165) is 22.6 Å². The Kier molecular flexibility index (Phi) is 24.6. The third-order valence-electron chi connectivity index (χ3n) is 4.40. The van der Waals surface area contributed by atoms with Crippen LogP contribution in [0.1, 0.15) is 55.4 Å². The first kappa shape index (κ1) is 39.6. The van der Waals surface area contributed by atoms with E-state index in [9.17, 15) is 0 Å². The fourth-order valence-electron chi connectivity index (χ4n) is 3.71. The number of rotatable bonds is 10. The molecular formula is C21H53HfNP2Si2. The second-order valence-corrected chi connectivity index (χ2v) is 26.3. The van der Waals surface area contributed by atoms with Gasteiger partial charge in [-0.3, -0.25) is 0 Å². The first-order valence-corrected chi connectivity index (χ1v) is 19.1. The molecule has 27 heavy (non-hydrogen) atoms. The van der Waals surface area contributed by atoms with Gasteiger partial charge in [-0.05, 0) is 22.6 Å². The van der Waals surface area contributed by atoms with Crippen LogP contribution in [0.3, 0.4) is 0 Å². The van der Waals surface area contributed by atoms with Gasteiger partial charge in [0.25, 0.3) is 0 Å². The quantitative estimate of drug-likeness (QED) is 0.132. The van der Waals surface area contributed by atoms with Gasteiger partial charge in [-0.25, -0.2) is 0 Å². The van der Waals surface area contributed by atoms with Crippen LogP contribution >= 0.6 is 15.8 Å². The molecule has 0 N–H and O–H groups in total. The molecule has 6 heteroatoms. The topological polar surface area (TPSA) is 14.1 Å². The molecule has 0 bridgehead atoms. The van der Waals surface area contributed by atoms with E-state index in [1.807, 2.05) is 0 Å². The first-order chi connectivity index (χ1) is 10.2. The molecule has 0 heterocycles. The third-order valence-corrected chi connectivity index (χ3v) is 23.7. The molecule has 164 valence electrons. The van der Waals surface area contributed by atoms with Crippen molar-refractivity contribution in [1.29, 1.82) is 0 Å². The van der Waals surface area contributed by atoms with Crippen LogP contribution in [-0.4, -0.2) is 50.7 Å². The Hall–Kier alpha value is 2.12. The largest absolute Gasteiger partial charge is 4.00 e. The van der Waals surface area contributed by atoms with Crippen molar-refractivity contribution in [2.45, 2.75) is 104 Å². The van der Waals surface area contributed by atoms with E-state index in [4.69, 9.17) is 4.65 Å². The van der Waals surface area contributed by atoms with E-state index in [1.165, 1.54) is 11.6 Å². The van der Waals surface area contributed by atoms with Crippen LogP contribution in [0.2, 0.25) is 26.2 Å². The molecule has 0 saturated carbocycles. The van der Waals surface area contributed by atoms with Crippen LogP contribution in [0, 0.1) is 22.3 Å². The second kappa shape index (κ2) is 16.8. The summed E-state index contributed by atoms with van der Waals surface area (Å²) < 4.78 is 5.66.